The van der Waals surface area contributed by atoms with Gasteiger partial charge in [-0.2, -0.15) is 0 Å². The van der Waals surface area contributed by atoms with Crippen molar-refractivity contribution < 1.29 is 0 Å². The van der Waals surface area contributed by atoms with Gasteiger partial charge in [0.1, 0.15) is 0 Å². The van der Waals surface area contributed by atoms with Crippen molar-refractivity contribution in [2.45, 2.75) is 32.0 Å². The number of hydrogen-bond acceptors (Lipinski definition) is 2. The highest BCUT2D eigenvalue weighted by Crippen LogP contribution is 2.21. The van der Waals surface area contributed by atoms with E-state index < -0.39 is 0 Å². The van der Waals surface area contributed by atoms with Crippen LogP contribution in [0.5, 0.6) is 0 Å². The molecular weight excluding hydrogens is 376 g/mol. The van der Waals surface area contributed by atoms with Crippen LogP contribution in [0, 0.1) is 0 Å². The second-order valence-electron chi connectivity index (χ2n) is 8.00. The summed E-state index contributed by atoms with van der Waals surface area (Å²) in [7, 11) is 0. The minimum atomic E-state index is 0.548. The van der Waals surface area contributed by atoms with Gasteiger partial charge in [-0.3, -0.25) is 9.80 Å². The molecule has 1 saturated heterocycles. The molecule has 0 N–H and O–H groups in total. The first-order chi connectivity index (χ1) is 14.3. The summed E-state index contributed by atoms with van der Waals surface area (Å²) in [5.41, 5.74) is 4.13. The molecule has 1 fully saturated rings. The average Bonchev–Trinajstić information content (AvgIpc) is 2.75. The molecule has 3 heteroatoms. The predicted molar refractivity (Wildman–Crippen MR) is 122 cm³/mol. The first-order valence-electron chi connectivity index (χ1n) is 10.5. The number of rotatable bonds is 7. The van der Waals surface area contributed by atoms with Crippen LogP contribution in [-0.4, -0.2) is 35.5 Å². The quantitative estimate of drug-likeness (QED) is 0.501. The molecule has 3 aromatic carbocycles. The maximum absolute atomic E-state index is 6.20. The van der Waals surface area contributed by atoms with Crippen LogP contribution >= 0.6 is 11.6 Å². The minimum Gasteiger partial charge on any atom is -0.296 e. The van der Waals surface area contributed by atoms with Gasteiger partial charge in [-0.15, -0.1) is 0 Å². The summed E-state index contributed by atoms with van der Waals surface area (Å²) in [5.74, 6) is 0. The average molecular weight is 405 g/mol. The Balaban J connectivity index is 1.44. The molecule has 1 unspecified atom stereocenters. The van der Waals surface area contributed by atoms with Crippen LogP contribution in [0.4, 0.5) is 0 Å². The summed E-state index contributed by atoms with van der Waals surface area (Å²) in [5, 5.41) is 0.831. The Labute approximate surface area is 179 Å². The second kappa shape index (κ2) is 10.1. The Morgan fingerprint density at radius 2 is 1.38 bits per heavy atom. The third kappa shape index (κ3) is 5.93. The van der Waals surface area contributed by atoms with Crippen molar-refractivity contribution in [1.82, 2.24) is 9.80 Å². The van der Waals surface area contributed by atoms with Crippen molar-refractivity contribution in [3.8, 4) is 0 Å². The van der Waals surface area contributed by atoms with Crippen molar-refractivity contribution in [3.05, 3.63) is 107 Å². The van der Waals surface area contributed by atoms with Crippen LogP contribution in [0.25, 0.3) is 0 Å². The summed E-state index contributed by atoms with van der Waals surface area (Å²) in [6.07, 6.45) is 2.22. The van der Waals surface area contributed by atoms with Gasteiger partial charge in [0.2, 0.25) is 0 Å². The number of piperazine rings is 1. The topological polar surface area (TPSA) is 6.48 Å². The summed E-state index contributed by atoms with van der Waals surface area (Å²) in [4.78, 5) is 5.28. The molecule has 0 bridgehead atoms. The first-order valence-corrected chi connectivity index (χ1v) is 10.9. The van der Waals surface area contributed by atoms with Crippen LogP contribution in [0.2, 0.25) is 5.02 Å². The van der Waals surface area contributed by atoms with Gasteiger partial charge in [0.05, 0.1) is 0 Å². The van der Waals surface area contributed by atoms with Crippen molar-refractivity contribution in [2.24, 2.45) is 0 Å². The zero-order valence-electron chi connectivity index (χ0n) is 16.9. The molecule has 1 heterocycles. The van der Waals surface area contributed by atoms with Gasteiger partial charge in [0, 0.05) is 43.8 Å². The molecule has 0 aromatic heterocycles. The van der Waals surface area contributed by atoms with E-state index in [1.165, 1.54) is 16.7 Å². The number of benzene rings is 3. The smallest absolute Gasteiger partial charge is 0.0408 e. The highest BCUT2D eigenvalue weighted by Gasteiger charge is 2.26. The van der Waals surface area contributed by atoms with Crippen LogP contribution < -0.4 is 0 Å². The largest absolute Gasteiger partial charge is 0.296 e. The second-order valence-corrected chi connectivity index (χ2v) is 8.44. The van der Waals surface area contributed by atoms with Gasteiger partial charge in [-0.05, 0) is 41.7 Å². The van der Waals surface area contributed by atoms with E-state index in [4.69, 9.17) is 11.6 Å². The molecule has 0 aliphatic carbocycles. The highest BCUT2D eigenvalue weighted by molar-refractivity contribution is 6.30. The molecule has 1 atom stereocenters. The lowest BCUT2D eigenvalue weighted by Gasteiger charge is -2.42. The third-order valence-electron chi connectivity index (χ3n) is 5.82. The SMILES string of the molecule is Clc1cccc(CCC2CN(Cc3ccccc3)CCN2Cc2ccccc2)c1. The van der Waals surface area contributed by atoms with Crippen LogP contribution in [-0.2, 0) is 19.5 Å². The molecule has 29 heavy (non-hydrogen) atoms. The Bertz CT molecular complexity index is 881. The molecule has 3 aromatic rings. The van der Waals surface area contributed by atoms with Gasteiger partial charge < -0.3 is 0 Å². The van der Waals surface area contributed by atoms with E-state index >= 15 is 0 Å². The predicted octanol–water partition coefficient (Wildman–Crippen LogP) is 5.66. The van der Waals surface area contributed by atoms with Gasteiger partial charge in [-0.1, -0.05) is 84.4 Å². The molecule has 1 aliphatic heterocycles. The highest BCUT2D eigenvalue weighted by atomic mass is 35.5. The van der Waals surface area contributed by atoms with Crippen molar-refractivity contribution in [3.63, 3.8) is 0 Å². The van der Waals surface area contributed by atoms with E-state index in [2.05, 4.69) is 88.7 Å². The van der Waals surface area contributed by atoms with E-state index in [-0.39, 0.29) is 0 Å². The number of hydrogen-bond donors (Lipinski definition) is 0. The summed E-state index contributed by atoms with van der Waals surface area (Å²) < 4.78 is 0. The zero-order valence-corrected chi connectivity index (χ0v) is 17.6. The maximum atomic E-state index is 6.20. The van der Waals surface area contributed by atoms with Crippen LogP contribution in [0.15, 0.2) is 84.9 Å². The lowest BCUT2D eigenvalue weighted by atomic mass is 10.0. The molecule has 2 nitrogen and oxygen atoms in total. The van der Waals surface area contributed by atoms with E-state index in [9.17, 15) is 0 Å². The number of aryl methyl sites for hydroxylation is 1. The summed E-state index contributed by atoms with van der Waals surface area (Å²) >= 11 is 6.20. The molecule has 0 saturated carbocycles. The van der Waals surface area contributed by atoms with Crippen molar-refractivity contribution >= 4 is 11.6 Å². The molecular formula is C26H29ClN2. The lowest BCUT2D eigenvalue weighted by molar-refractivity contribution is 0.0597. The molecule has 4 rings (SSSR count). The van der Waals surface area contributed by atoms with Gasteiger partial charge in [0.15, 0.2) is 0 Å². The Kier molecular flexibility index (Phi) is 7.00. The van der Waals surface area contributed by atoms with Crippen LogP contribution in [0.1, 0.15) is 23.1 Å². The van der Waals surface area contributed by atoms with Gasteiger partial charge >= 0.3 is 0 Å². The molecule has 150 valence electrons. The van der Waals surface area contributed by atoms with Crippen molar-refractivity contribution in [2.75, 3.05) is 19.6 Å². The fraction of sp³-hybridized carbons (Fsp3) is 0.308. The molecule has 0 amide bonds. The Morgan fingerprint density at radius 1 is 0.724 bits per heavy atom. The first kappa shape index (κ1) is 20.2. The number of nitrogens with zero attached hydrogens (tertiary/aromatic N) is 2. The van der Waals surface area contributed by atoms with Crippen molar-refractivity contribution in [1.29, 1.82) is 0 Å². The third-order valence-corrected chi connectivity index (χ3v) is 6.06. The van der Waals surface area contributed by atoms with E-state index in [0.717, 1.165) is 50.6 Å². The summed E-state index contributed by atoms with van der Waals surface area (Å²) in [6, 6.07) is 30.5. The normalized spacial score (nSPS) is 18.0. The standard InChI is InChI=1S/C26H29ClN2/c27-25-13-7-12-22(18-25)14-15-26-21-28(19-23-8-3-1-4-9-23)16-17-29(26)20-24-10-5-2-6-11-24/h1-13,18,26H,14-17,19-21H2. The van der Waals surface area contributed by atoms with E-state index in [1.807, 2.05) is 6.07 Å². The van der Waals surface area contributed by atoms with Crippen LogP contribution in [0.3, 0.4) is 0 Å². The Hall–Kier alpha value is -2.13. The fourth-order valence-corrected chi connectivity index (χ4v) is 4.48. The number of halogens is 1. The summed E-state index contributed by atoms with van der Waals surface area (Å²) in [6.45, 7) is 5.41. The minimum absolute atomic E-state index is 0.548. The van der Waals surface area contributed by atoms with Gasteiger partial charge in [-0.25, -0.2) is 0 Å². The van der Waals surface area contributed by atoms with E-state index in [0.29, 0.717) is 6.04 Å². The monoisotopic (exact) mass is 404 g/mol. The zero-order chi connectivity index (χ0) is 19.9. The van der Waals surface area contributed by atoms with E-state index in [1.54, 1.807) is 0 Å². The molecule has 0 spiro atoms. The maximum Gasteiger partial charge on any atom is 0.0408 e. The molecule has 0 radical (unpaired) electrons. The Morgan fingerprint density at radius 3 is 2.07 bits per heavy atom. The lowest BCUT2D eigenvalue weighted by Crippen LogP contribution is -2.52. The van der Waals surface area contributed by atoms with Gasteiger partial charge in [0.25, 0.3) is 0 Å². The fourth-order valence-electron chi connectivity index (χ4n) is 4.27. The molecule has 1 aliphatic rings.